The van der Waals surface area contributed by atoms with E-state index in [4.69, 9.17) is 20.9 Å². The summed E-state index contributed by atoms with van der Waals surface area (Å²) in [5, 5.41) is 19.1. The summed E-state index contributed by atoms with van der Waals surface area (Å²) >= 11 is 0. The zero-order valence-corrected chi connectivity index (χ0v) is 19.2. The molecule has 1 aliphatic carbocycles. The van der Waals surface area contributed by atoms with E-state index in [0.29, 0.717) is 36.8 Å². The lowest BCUT2D eigenvalue weighted by molar-refractivity contribution is 0.161. The van der Waals surface area contributed by atoms with E-state index in [2.05, 4.69) is 16.0 Å². The number of anilines is 2. The van der Waals surface area contributed by atoms with Crippen molar-refractivity contribution in [2.24, 2.45) is 5.92 Å². The second kappa shape index (κ2) is 10.3. The average molecular weight is 460 g/mol. The molecule has 0 radical (unpaired) electrons. The highest BCUT2D eigenvalue weighted by atomic mass is 16.5. The summed E-state index contributed by atoms with van der Waals surface area (Å²) in [6.45, 7) is 2.40. The molecule has 2 atom stereocenters. The number of rotatable bonds is 8. The first-order valence-corrected chi connectivity index (χ1v) is 11.5. The number of ether oxygens (including phenoxy) is 2. The number of nitrogens with zero attached hydrogens (tertiary/aromatic N) is 3. The highest BCUT2D eigenvalue weighted by molar-refractivity contribution is 5.78. The van der Waals surface area contributed by atoms with E-state index in [1.165, 1.54) is 0 Å². The van der Waals surface area contributed by atoms with Gasteiger partial charge in [0.15, 0.2) is 0 Å². The molecule has 0 amide bonds. The topological polar surface area (TPSA) is 140 Å². The number of hydrogen-bond donors (Lipinski definition) is 3. The lowest BCUT2D eigenvalue weighted by Crippen LogP contribution is -2.21. The fraction of sp³-hybridized carbons (Fsp3) is 0.346. The van der Waals surface area contributed by atoms with Crippen LogP contribution in [0.15, 0.2) is 42.6 Å². The summed E-state index contributed by atoms with van der Waals surface area (Å²) in [5.41, 5.74) is 15.1. The molecule has 1 aliphatic rings. The van der Waals surface area contributed by atoms with Crippen molar-refractivity contribution in [1.82, 2.24) is 9.97 Å². The van der Waals surface area contributed by atoms with Crippen LogP contribution in [0.5, 0.6) is 17.2 Å². The van der Waals surface area contributed by atoms with Crippen molar-refractivity contribution in [2.45, 2.75) is 45.1 Å². The molecule has 34 heavy (non-hydrogen) atoms. The van der Waals surface area contributed by atoms with Crippen LogP contribution in [0.1, 0.15) is 43.7 Å². The second-order valence-corrected chi connectivity index (χ2v) is 8.47. The van der Waals surface area contributed by atoms with Crippen molar-refractivity contribution >= 4 is 11.8 Å². The molecular weight excluding hydrogens is 430 g/mol. The maximum Gasteiger partial charge on any atom is 0.221 e. The third-order valence-corrected chi connectivity index (χ3v) is 6.11. The van der Waals surface area contributed by atoms with Gasteiger partial charge in [0.2, 0.25) is 5.95 Å². The Labute approximate surface area is 199 Å². The van der Waals surface area contributed by atoms with Crippen molar-refractivity contribution < 1.29 is 14.6 Å². The first-order valence-electron chi connectivity index (χ1n) is 11.5. The van der Waals surface area contributed by atoms with Gasteiger partial charge in [-0.2, -0.15) is 10.2 Å². The molecule has 4 rings (SSSR count). The maximum absolute atomic E-state index is 9.80. The smallest absolute Gasteiger partial charge is 0.221 e. The largest absolute Gasteiger partial charge is 0.508 e. The van der Waals surface area contributed by atoms with Gasteiger partial charge in [-0.25, -0.2) is 4.98 Å². The number of phenolic OH excluding ortho intramolecular Hbond substituents is 1. The zero-order valence-electron chi connectivity index (χ0n) is 19.2. The van der Waals surface area contributed by atoms with Crippen LogP contribution < -0.4 is 20.9 Å². The molecule has 2 aromatic carbocycles. The highest BCUT2D eigenvalue weighted by Gasteiger charge is 2.30. The standard InChI is InChI=1S/C26H29N5O3/c1-2-33-22-13-16(12-19-15-30-26(29)31-25(19)28)14-23(24(22)18-6-8-20(32)9-7-18)34-21-5-3-4-17(21)10-11-27/h6-9,13-15,17,21,32H,2-5,10,12H2,1H3,(H4,28,29,30,31). The van der Waals surface area contributed by atoms with Crippen molar-refractivity contribution in [3.63, 3.8) is 0 Å². The Bertz CT molecular complexity index is 1190. The van der Waals surface area contributed by atoms with Crippen molar-refractivity contribution in [3.05, 3.63) is 53.7 Å². The summed E-state index contributed by atoms with van der Waals surface area (Å²) < 4.78 is 12.6. The SMILES string of the molecule is CCOc1cc(Cc2cnc(N)nc2N)cc(OC2CCCC2CC#N)c1-c1ccc(O)cc1. The van der Waals surface area contributed by atoms with Crippen molar-refractivity contribution in [2.75, 3.05) is 18.1 Å². The van der Waals surface area contributed by atoms with Crippen LogP contribution in [0.3, 0.4) is 0 Å². The van der Waals surface area contributed by atoms with E-state index < -0.39 is 0 Å². The van der Waals surface area contributed by atoms with Crippen LogP contribution in [-0.2, 0) is 6.42 Å². The number of nitrogens with two attached hydrogens (primary N) is 2. The van der Waals surface area contributed by atoms with Gasteiger partial charge in [-0.3, -0.25) is 0 Å². The quantitative estimate of drug-likeness (QED) is 0.448. The monoisotopic (exact) mass is 459 g/mol. The van der Waals surface area contributed by atoms with Crippen molar-refractivity contribution in [3.8, 4) is 34.4 Å². The van der Waals surface area contributed by atoms with E-state index >= 15 is 0 Å². The molecule has 3 aromatic rings. The zero-order chi connectivity index (χ0) is 24.1. The minimum Gasteiger partial charge on any atom is -0.508 e. The van der Waals surface area contributed by atoms with Gasteiger partial charge in [-0.15, -0.1) is 0 Å². The van der Waals surface area contributed by atoms with Crippen LogP contribution >= 0.6 is 0 Å². The molecule has 0 aliphatic heterocycles. The predicted molar refractivity (Wildman–Crippen MR) is 130 cm³/mol. The molecule has 8 heteroatoms. The van der Waals surface area contributed by atoms with Crippen LogP contribution in [0.25, 0.3) is 11.1 Å². The Morgan fingerprint density at radius 1 is 1.15 bits per heavy atom. The Kier molecular flexibility index (Phi) is 7.02. The van der Waals surface area contributed by atoms with Gasteiger partial charge in [0.1, 0.15) is 29.2 Å². The maximum atomic E-state index is 9.80. The van der Waals surface area contributed by atoms with Crippen LogP contribution in [0.2, 0.25) is 0 Å². The Balaban J connectivity index is 1.79. The van der Waals surface area contributed by atoms with Gasteiger partial charge in [0.25, 0.3) is 0 Å². The first kappa shape index (κ1) is 23.2. The van der Waals surface area contributed by atoms with Gasteiger partial charge in [-0.1, -0.05) is 12.1 Å². The Hall–Kier alpha value is -3.99. The summed E-state index contributed by atoms with van der Waals surface area (Å²) in [4.78, 5) is 8.14. The molecular formula is C26H29N5O3. The molecule has 0 bridgehead atoms. The number of aromatic hydroxyl groups is 1. The van der Waals surface area contributed by atoms with Crippen LogP contribution in [0, 0.1) is 17.2 Å². The summed E-state index contributed by atoms with van der Waals surface area (Å²) in [7, 11) is 0. The average Bonchev–Trinajstić information content (AvgIpc) is 3.24. The van der Waals surface area contributed by atoms with Gasteiger partial charge in [0.05, 0.1) is 18.2 Å². The number of nitriles is 1. The molecule has 2 unspecified atom stereocenters. The van der Waals surface area contributed by atoms with Crippen LogP contribution in [-0.4, -0.2) is 27.8 Å². The summed E-state index contributed by atoms with van der Waals surface area (Å²) in [6, 6.07) is 13.2. The van der Waals surface area contributed by atoms with E-state index in [0.717, 1.165) is 41.5 Å². The van der Waals surface area contributed by atoms with E-state index in [1.807, 2.05) is 31.2 Å². The molecule has 1 aromatic heterocycles. The first-order chi connectivity index (χ1) is 16.5. The van der Waals surface area contributed by atoms with E-state index in [1.54, 1.807) is 18.3 Å². The minimum absolute atomic E-state index is 0.0508. The van der Waals surface area contributed by atoms with Crippen molar-refractivity contribution in [1.29, 1.82) is 5.26 Å². The Morgan fingerprint density at radius 2 is 1.91 bits per heavy atom. The van der Waals surface area contributed by atoms with Crippen LogP contribution in [0.4, 0.5) is 11.8 Å². The summed E-state index contributed by atoms with van der Waals surface area (Å²) in [5.74, 6) is 2.19. The molecule has 0 saturated heterocycles. The molecule has 8 nitrogen and oxygen atoms in total. The third-order valence-electron chi connectivity index (χ3n) is 6.11. The molecule has 5 N–H and O–H groups in total. The lowest BCUT2D eigenvalue weighted by atomic mass is 9.97. The number of aromatic nitrogens is 2. The predicted octanol–water partition coefficient (Wildman–Crippen LogP) is 4.46. The number of nitrogen functional groups attached to an aromatic ring is 2. The normalized spacial score (nSPS) is 17.3. The van der Waals surface area contributed by atoms with Gasteiger partial charge < -0.3 is 26.0 Å². The minimum atomic E-state index is -0.0508. The van der Waals surface area contributed by atoms with Gasteiger partial charge in [-0.05, 0) is 61.6 Å². The number of benzene rings is 2. The van der Waals surface area contributed by atoms with Gasteiger partial charge in [0, 0.05) is 30.5 Å². The lowest BCUT2D eigenvalue weighted by Gasteiger charge is -2.24. The number of hydrogen-bond acceptors (Lipinski definition) is 8. The molecule has 1 saturated carbocycles. The third kappa shape index (κ3) is 5.15. The summed E-state index contributed by atoms with van der Waals surface area (Å²) in [6.07, 6.45) is 5.43. The molecule has 0 spiro atoms. The molecule has 1 fully saturated rings. The fourth-order valence-electron chi connectivity index (χ4n) is 4.48. The molecule has 176 valence electrons. The highest BCUT2D eigenvalue weighted by Crippen LogP contribution is 2.43. The van der Waals surface area contributed by atoms with Gasteiger partial charge >= 0.3 is 0 Å². The molecule has 1 heterocycles. The van der Waals surface area contributed by atoms with E-state index in [9.17, 15) is 10.4 Å². The van der Waals surface area contributed by atoms with E-state index in [-0.39, 0.29) is 23.7 Å². The second-order valence-electron chi connectivity index (χ2n) is 8.47. The Morgan fingerprint density at radius 3 is 2.62 bits per heavy atom. The fourth-order valence-corrected chi connectivity index (χ4v) is 4.48. The number of phenols is 1.